The van der Waals surface area contributed by atoms with Gasteiger partial charge in [-0.1, -0.05) is 12.8 Å². The van der Waals surface area contributed by atoms with Crippen LogP contribution in [0.5, 0.6) is 0 Å². The molecule has 6 nitrogen and oxygen atoms in total. The molecule has 0 radical (unpaired) electrons. The van der Waals surface area contributed by atoms with Crippen LogP contribution in [0.25, 0.3) is 0 Å². The van der Waals surface area contributed by atoms with Gasteiger partial charge in [0.2, 0.25) is 11.8 Å². The lowest BCUT2D eigenvalue weighted by Crippen LogP contribution is -2.65. The Hall–Kier alpha value is -1.14. The molecule has 1 heterocycles. The first kappa shape index (κ1) is 14.3. The van der Waals surface area contributed by atoms with Crippen molar-refractivity contribution in [2.75, 3.05) is 40.0 Å². The van der Waals surface area contributed by atoms with Crippen molar-refractivity contribution in [1.82, 2.24) is 10.2 Å². The summed E-state index contributed by atoms with van der Waals surface area (Å²) in [7, 11) is 1.62. The molecule has 0 atom stereocenters. The van der Waals surface area contributed by atoms with Crippen molar-refractivity contribution in [2.45, 2.75) is 31.2 Å². The zero-order valence-electron chi connectivity index (χ0n) is 11.4. The van der Waals surface area contributed by atoms with Crippen LogP contribution in [-0.2, 0) is 19.1 Å². The predicted octanol–water partition coefficient (Wildman–Crippen LogP) is -0.0794. The van der Waals surface area contributed by atoms with E-state index in [-0.39, 0.29) is 18.4 Å². The van der Waals surface area contributed by atoms with E-state index in [1.807, 2.05) is 0 Å². The van der Waals surface area contributed by atoms with Gasteiger partial charge in [0.15, 0.2) is 0 Å². The van der Waals surface area contributed by atoms with Crippen LogP contribution in [0.3, 0.4) is 0 Å². The standard InChI is InChI=1S/C13H22N2O4/c1-18-8-9-19-7-6-15-10-11(16)14-13(12(15)17)4-2-3-5-13/h2-10H2,1H3,(H,14,16). The quantitative estimate of drug-likeness (QED) is 0.686. The third-order valence-corrected chi connectivity index (χ3v) is 3.80. The summed E-state index contributed by atoms with van der Waals surface area (Å²) >= 11 is 0. The molecule has 2 rings (SSSR count). The fraction of sp³-hybridized carbons (Fsp3) is 0.846. The lowest BCUT2D eigenvalue weighted by atomic mass is 9.93. The van der Waals surface area contributed by atoms with Gasteiger partial charge in [0.05, 0.1) is 26.4 Å². The van der Waals surface area contributed by atoms with E-state index in [9.17, 15) is 9.59 Å². The molecule has 0 aromatic heterocycles. The van der Waals surface area contributed by atoms with Gasteiger partial charge in [-0.05, 0) is 12.8 Å². The fourth-order valence-electron chi connectivity index (χ4n) is 2.82. The summed E-state index contributed by atoms with van der Waals surface area (Å²) in [6.45, 7) is 2.11. The van der Waals surface area contributed by atoms with E-state index >= 15 is 0 Å². The Balaban J connectivity index is 1.85. The minimum absolute atomic E-state index is 0.0555. The number of carbonyl (C=O) groups is 2. The van der Waals surface area contributed by atoms with Gasteiger partial charge in [0, 0.05) is 13.7 Å². The van der Waals surface area contributed by atoms with Crippen molar-refractivity contribution in [2.24, 2.45) is 0 Å². The lowest BCUT2D eigenvalue weighted by molar-refractivity contribution is -0.150. The van der Waals surface area contributed by atoms with Gasteiger partial charge in [-0.3, -0.25) is 9.59 Å². The summed E-state index contributed by atoms with van der Waals surface area (Å²) in [5, 5.41) is 2.89. The highest BCUT2D eigenvalue weighted by Crippen LogP contribution is 2.33. The number of rotatable bonds is 6. The van der Waals surface area contributed by atoms with E-state index in [1.54, 1.807) is 12.0 Å². The maximum atomic E-state index is 12.4. The number of carbonyl (C=O) groups excluding carboxylic acids is 2. The van der Waals surface area contributed by atoms with Crippen molar-refractivity contribution in [3.8, 4) is 0 Å². The molecule has 2 fully saturated rings. The smallest absolute Gasteiger partial charge is 0.248 e. The predicted molar refractivity (Wildman–Crippen MR) is 68.6 cm³/mol. The molecule has 1 saturated carbocycles. The maximum absolute atomic E-state index is 12.4. The van der Waals surface area contributed by atoms with Gasteiger partial charge in [-0.25, -0.2) is 0 Å². The van der Waals surface area contributed by atoms with Crippen molar-refractivity contribution in [3.63, 3.8) is 0 Å². The van der Waals surface area contributed by atoms with E-state index in [0.717, 1.165) is 25.7 Å². The normalized spacial score (nSPS) is 22.1. The fourth-order valence-corrected chi connectivity index (χ4v) is 2.82. The monoisotopic (exact) mass is 270 g/mol. The SMILES string of the molecule is COCCOCCN1CC(=O)NC2(CCCC2)C1=O. The molecule has 108 valence electrons. The average Bonchev–Trinajstić information content (AvgIpc) is 2.84. The Labute approximate surface area is 113 Å². The molecule has 1 aliphatic heterocycles. The van der Waals surface area contributed by atoms with Gasteiger partial charge < -0.3 is 19.7 Å². The van der Waals surface area contributed by atoms with Crippen LogP contribution in [0.1, 0.15) is 25.7 Å². The number of methoxy groups -OCH3 is 1. The van der Waals surface area contributed by atoms with Crippen molar-refractivity contribution in [3.05, 3.63) is 0 Å². The molecule has 2 amide bonds. The van der Waals surface area contributed by atoms with Gasteiger partial charge in [0.25, 0.3) is 0 Å². The zero-order valence-corrected chi connectivity index (χ0v) is 11.4. The number of piperazine rings is 1. The molecular weight excluding hydrogens is 248 g/mol. The number of hydrogen-bond donors (Lipinski definition) is 1. The molecule has 0 bridgehead atoms. The van der Waals surface area contributed by atoms with Gasteiger partial charge in [-0.2, -0.15) is 0 Å². The molecule has 0 unspecified atom stereocenters. The summed E-state index contributed by atoms with van der Waals surface area (Å²) < 4.78 is 10.2. The Morgan fingerprint density at radius 2 is 1.95 bits per heavy atom. The van der Waals surface area contributed by atoms with Crippen LogP contribution < -0.4 is 5.32 Å². The summed E-state index contributed by atoms with van der Waals surface area (Å²) in [5.74, 6) is -0.00154. The Bertz CT molecular complexity index is 340. The summed E-state index contributed by atoms with van der Waals surface area (Å²) in [5.41, 5.74) is -0.623. The molecule has 1 saturated heterocycles. The van der Waals surface area contributed by atoms with Gasteiger partial charge in [-0.15, -0.1) is 0 Å². The second kappa shape index (κ2) is 6.34. The second-order valence-corrected chi connectivity index (χ2v) is 5.17. The van der Waals surface area contributed by atoms with Gasteiger partial charge >= 0.3 is 0 Å². The maximum Gasteiger partial charge on any atom is 0.248 e. The molecule has 6 heteroatoms. The highest BCUT2D eigenvalue weighted by atomic mass is 16.5. The average molecular weight is 270 g/mol. The first-order chi connectivity index (χ1) is 9.18. The molecular formula is C13H22N2O4. The van der Waals surface area contributed by atoms with Crippen LogP contribution in [0.4, 0.5) is 0 Å². The minimum atomic E-state index is -0.623. The summed E-state index contributed by atoms with van der Waals surface area (Å²) in [6.07, 6.45) is 3.53. The molecule has 0 aromatic carbocycles. The van der Waals surface area contributed by atoms with E-state index in [4.69, 9.17) is 9.47 Å². The van der Waals surface area contributed by atoms with Crippen molar-refractivity contribution >= 4 is 11.8 Å². The van der Waals surface area contributed by atoms with E-state index in [0.29, 0.717) is 26.4 Å². The van der Waals surface area contributed by atoms with Gasteiger partial charge in [0.1, 0.15) is 5.54 Å². The van der Waals surface area contributed by atoms with Crippen LogP contribution >= 0.6 is 0 Å². The zero-order chi connectivity index (χ0) is 13.7. The molecule has 19 heavy (non-hydrogen) atoms. The third kappa shape index (κ3) is 3.25. The summed E-state index contributed by atoms with van der Waals surface area (Å²) in [4.78, 5) is 25.8. The Morgan fingerprint density at radius 3 is 2.63 bits per heavy atom. The van der Waals surface area contributed by atoms with Crippen LogP contribution in [0.2, 0.25) is 0 Å². The Kier molecular flexibility index (Phi) is 4.76. The van der Waals surface area contributed by atoms with E-state index in [2.05, 4.69) is 5.32 Å². The Morgan fingerprint density at radius 1 is 1.21 bits per heavy atom. The number of ether oxygens (including phenoxy) is 2. The number of amides is 2. The van der Waals surface area contributed by atoms with Crippen LogP contribution in [-0.4, -0.2) is 62.3 Å². The van der Waals surface area contributed by atoms with Crippen LogP contribution in [0, 0.1) is 0 Å². The molecule has 1 N–H and O–H groups in total. The lowest BCUT2D eigenvalue weighted by Gasteiger charge is -2.39. The number of nitrogens with one attached hydrogen (secondary N) is 1. The highest BCUT2D eigenvalue weighted by molar-refractivity contribution is 5.98. The topological polar surface area (TPSA) is 67.9 Å². The molecule has 1 spiro atoms. The van der Waals surface area contributed by atoms with E-state index < -0.39 is 5.54 Å². The second-order valence-electron chi connectivity index (χ2n) is 5.17. The van der Waals surface area contributed by atoms with E-state index in [1.165, 1.54) is 0 Å². The van der Waals surface area contributed by atoms with Crippen molar-refractivity contribution < 1.29 is 19.1 Å². The first-order valence-electron chi connectivity index (χ1n) is 6.85. The summed E-state index contributed by atoms with van der Waals surface area (Å²) in [6, 6.07) is 0. The number of nitrogens with zero attached hydrogens (tertiary/aromatic N) is 1. The molecule has 1 aliphatic carbocycles. The van der Waals surface area contributed by atoms with Crippen molar-refractivity contribution in [1.29, 1.82) is 0 Å². The highest BCUT2D eigenvalue weighted by Gasteiger charge is 2.47. The number of hydrogen-bond acceptors (Lipinski definition) is 4. The largest absolute Gasteiger partial charge is 0.382 e. The molecule has 0 aromatic rings. The third-order valence-electron chi connectivity index (χ3n) is 3.80. The minimum Gasteiger partial charge on any atom is -0.382 e. The van der Waals surface area contributed by atoms with Crippen LogP contribution in [0.15, 0.2) is 0 Å². The molecule has 2 aliphatic rings. The first-order valence-corrected chi connectivity index (χ1v) is 6.85.